The van der Waals surface area contributed by atoms with E-state index in [1.54, 1.807) is 0 Å². The molecule has 56 valence electrons. The normalized spacial score (nSPS) is 4.22. The largest absolute Gasteiger partial charge is 2.00 e. The van der Waals surface area contributed by atoms with Crippen LogP contribution in [0, 0.1) is 0 Å². The molecule has 0 radical (unpaired) electrons. The third-order valence-electron chi connectivity index (χ3n) is 0.333. The van der Waals surface area contributed by atoms with E-state index >= 15 is 0 Å². The maximum atomic E-state index is 2.00. The molecule has 0 amide bonds. The van der Waals surface area contributed by atoms with Gasteiger partial charge in [0.2, 0.25) is 0 Å². The first-order valence-electron chi connectivity index (χ1n) is 1.49. The van der Waals surface area contributed by atoms with E-state index in [2.05, 4.69) is 0 Å². The molecule has 5 heteroatoms. The Morgan fingerprint density at radius 1 is 0.778 bits per heavy atom. The summed E-state index contributed by atoms with van der Waals surface area (Å²) in [6.07, 6.45) is 4.00. The molecule has 0 aliphatic rings. The second-order valence-electron chi connectivity index (χ2n) is 0.667. The predicted molar refractivity (Wildman–Crippen MR) is 20.5 cm³/mol. The maximum absolute atomic E-state index is 2.00. The van der Waals surface area contributed by atoms with Gasteiger partial charge < -0.3 is 37.2 Å². The average Bonchev–Trinajstić information content (AvgIpc) is 1.37. The number of halogens is 3. The van der Waals surface area contributed by atoms with Crippen molar-refractivity contribution in [3.8, 4) is 0 Å². The van der Waals surface area contributed by atoms with Crippen LogP contribution in [0.1, 0.15) is 13.8 Å². The Kier molecular flexibility index (Phi) is 200. The van der Waals surface area contributed by atoms with Crippen LogP contribution in [0.3, 0.4) is 0 Å². The Hall–Kier alpha value is 2.93. The van der Waals surface area contributed by atoms with Gasteiger partial charge in [0, 0.05) is 0 Å². The van der Waals surface area contributed by atoms with Crippen LogP contribution in [0.2, 0.25) is 0 Å². The van der Waals surface area contributed by atoms with Crippen molar-refractivity contribution in [2.45, 2.75) is 13.8 Å². The van der Waals surface area contributed by atoms with E-state index in [0.29, 0.717) is 0 Å². The topological polar surface area (TPSA) is 0 Å². The zero-order valence-corrected chi connectivity index (χ0v) is 13.3. The van der Waals surface area contributed by atoms with E-state index < -0.39 is 0 Å². The molecule has 0 aliphatic heterocycles. The molecular weight excluding hydrogens is 389 g/mol. The summed E-state index contributed by atoms with van der Waals surface area (Å²) >= 11 is 0. The molecule has 0 aliphatic carbocycles. The molecule has 0 saturated heterocycles. The Morgan fingerprint density at radius 3 is 0.889 bits per heavy atom. The maximum Gasteiger partial charge on any atom is 2.00 e. The van der Waals surface area contributed by atoms with Gasteiger partial charge in [-0.05, 0) is 13.8 Å². The van der Waals surface area contributed by atoms with E-state index in [-0.39, 0.29) is 110 Å². The molecule has 0 atom stereocenters. The van der Waals surface area contributed by atoms with Crippen LogP contribution >= 0.6 is 0 Å². The molecule has 0 saturated carbocycles. The first-order valence-corrected chi connectivity index (χ1v) is 1.49. The number of rotatable bonds is 0. The summed E-state index contributed by atoms with van der Waals surface area (Å²) in [6.45, 7) is 4.00. The Morgan fingerprint density at radius 2 is 0.889 bits per heavy atom. The van der Waals surface area contributed by atoms with Crippen molar-refractivity contribution in [2.75, 3.05) is 0 Å². The van der Waals surface area contributed by atoms with Crippen LogP contribution in [-0.4, -0.2) is 0 Å². The molecule has 0 bridgehead atoms. The van der Waals surface area contributed by atoms with Gasteiger partial charge >= 0.3 is 72.4 Å². The fourth-order valence-electron chi connectivity index (χ4n) is 0. The second-order valence-corrected chi connectivity index (χ2v) is 0.667. The van der Waals surface area contributed by atoms with E-state index in [4.69, 9.17) is 0 Å². The third kappa shape index (κ3) is 56.4. The van der Waals surface area contributed by atoms with E-state index in [1.807, 2.05) is 26.0 Å². The summed E-state index contributed by atoms with van der Waals surface area (Å²) in [5, 5.41) is 0. The van der Waals surface area contributed by atoms with Gasteiger partial charge in [-0.3, -0.25) is 0 Å². The molecule has 0 unspecified atom stereocenters. The smallest absolute Gasteiger partial charge is 1.00 e. The van der Waals surface area contributed by atoms with Crippen molar-refractivity contribution in [1.82, 2.24) is 0 Å². The van der Waals surface area contributed by atoms with Gasteiger partial charge in [-0.1, -0.05) is 12.2 Å². The summed E-state index contributed by atoms with van der Waals surface area (Å²) in [6, 6.07) is 0. The predicted octanol–water partition coefficient (Wildman–Crippen LogP) is -10.4. The average molecular weight is 397 g/mol. The summed E-state index contributed by atoms with van der Waals surface area (Å²) in [5.74, 6) is 0. The third-order valence-corrected chi connectivity index (χ3v) is 0.333. The minimum Gasteiger partial charge on any atom is -1.00 e. The van der Waals surface area contributed by atoms with Gasteiger partial charge in [-0.25, -0.2) is 0 Å². The van der Waals surface area contributed by atoms with Crippen LogP contribution in [0.25, 0.3) is 0 Å². The SMILES string of the molecule is C/C=C/C.[Cl-].[Cl-].[Cl-].[K+].[Pt+2]. The summed E-state index contributed by atoms with van der Waals surface area (Å²) in [7, 11) is 0. The van der Waals surface area contributed by atoms with Crippen molar-refractivity contribution in [1.29, 1.82) is 0 Å². The van der Waals surface area contributed by atoms with Gasteiger partial charge in [0.1, 0.15) is 0 Å². The zero-order valence-electron chi connectivity index (χ0n) is 5.60. The minimum atomic E-state index is 0. The van der Waals surface area contributed by atoms with Gasteiger partial charge in [-0.15, -0.1) is 0 Å². The van der Waals surface area contributed by atoms with Gasteiger partial charge in [-0.2, -0.15) is 0 Å². The van der Waals surface area contributed by atoms with Crippen LogP contribution in [0.4, 0.5) is 0 Å². The minimum absolute atomic E-state index is 0. The monoisotopic (exact) mass is 395 g/mol. The first kappa shape index (κ1) is 40.5. The summed E-state index contributed by atoms with van der Waals surface area (Å²) < 4.78 is 0. The summed E-state index contributed by atoms with van der Waals surface area (Å²) in [5.41, 5.74) is 0. The molecule has 0 nitrogen and oxygen atoms in total. The van der Waals surface area contributed by atoms with E-state index in [9.17, 15) is 0 Å². The number of hydrogen-bond acceptors (Lipinski definition) is 0. The number of hydrogen-bond donors (Lipinski definition) is 0. The van der Waals surface area contributed by atoms with E-state index in [0.717, 1.165) is 0 Å². The van der Waals surface area contributed by atoms with Crippen LogP contribution in [-0.2, 0) is 21.1 Å². The van der Waals surface area contributed by atoms with Crippen molar-refractivity contribution in [2.24, 2.45) is 0 Å². The van der Waals surface area contributed by atoms with Gasteiger partial charge in [0.25, 0.3) is 0 Å². The molecule has 0 aromatic rings. The van der Waals surface area contributed by atoms with Crippen LogP contribution in [0.15, 0.2) is 12.2 Å². The first-order chi connectivity index (χ1) is 1.91. The molecule has 0 aromatic carbocycles. The molecule has 0 rings (SSSR count). The fourth-order valence-corrected chi connectivity index (χ4v) is 0. The molecule has 0 heterocycles. The molecule has 0 spiro atoms. The van der Waals surface area contributed by atoms with Crippen molar-refractivity contribution >= 4 is 0 Å². The standard InChI is InChI=1S/C4H8.3ClH.K.Pt/c1-3-4-2;;;;;/h3-4H,1-2H3;3*1H;;/q;;;;+1;+2/p-3/b4-3+;;;;;. The Bertz CT molecular complexity index is 31.0. The second kappa shape index (κ2) is 44.3. The molecule has 9 heavy (non-hydrogen) atoms. The molecular formula is C4H8Cl3KPt. The summed E-state index contributed by atoms with van der Waals surface area (Å²) in [4.78, 5) is 0. The van der Waals surface area contributed by atoms with Gasteiger partial charge in [0.15, 0.2) is 0 Å². The van der Waals surface area contributed by atoms with Gasteiger partial charge in [0.05, 0.1) is 0 Å². The fraction of sp³-hybridized carbons (Fsp3) is 0.500. The molecule has 0 fully saturated rings. The van der Waals surface area contributed by atoms with Crippen molar-refractivity contribution in [3.05, 3.63) is 12.2 Å². The number of allylic oxidation sites excluding steroid dienone is 2. The van der Waals surface area contributed by atoms with Crippen molar-refractivity contribution < 1.29 is 110 Å². The van der Waals surface area contributed by atoms with E-state index in [1.165, 1.54) is 0 Å². The zero-order chi connectivity index (χ0) is 3.41. The Balaban J connectivity index is -0.00000000450. The molecule has 0 N–H and O–H groups in total. The van der Waals surface area contributed by atoms with Crippen LogP contribution < -0.4 is 88.6 Å². The molecule has 0 aromatic heterocycles. The Labute approximate surface area is 133 Å². The van der Waals surface area contributed by atoms with Crippen LogP contribution in [0.5, 0.6) is 0 Å². The quantitative estimate of drug-likeness (QED) is 0.282. The van der Waals surface area contributed by atoms with Crippen molar-refractivity contribution in [3.63, 3.8) is 0 Å².